The number of nitrogens with one attached hydrogen (secondary N) is 1. The number of aromatic amines is 1. The number of hydrogen-bond acceptors (Lipinski definition) is 4. The number of hydrogen-bond donors (Lipinski definition) is 2. The molecular weight excluding hydrogens is 226 g/mol. The highest BCUT2D eigenvalue weighted by atomic mass is 15.1. The molecule has 3 rings (SSSR count). The van der Waals surface area contributed by atoms with E-state index in [9.17, 15) is 0 Å². The quantitative estimate of drug-likeness (QED) is 0.682. The molecule has 90 valence electrons. The number of fused-ring (bicyclic) bond motifs is 1. The molecule has 5 heteroatoms. The van der Waals surface area contributed by atoms with Crippen molar-refractivity contribution in [1.82, 2.24) is 20.2 Å². The Morgan fingerprint density at radius 1 is 1.11 bits per heavy atom. The summed E-state index contributed by atoms with van der Waals surface area (Å²) in [6.07, 6.45) is 0. The summed E-state index contributed by atoms with van der Waals surface area (Å²) in [6.45, 7) is 3.86. The Bertz CT molecular complexity index is 729. The number of H-pyrrole nitrogens is 1. The van der Waals surface area contributed by atoms with Crippen LogP contribution in [0.1, 0.15) is 11.4 Å². The van der Waals surface area contributed by atoms with E-state index in [0.29, 0.717) is 5.82 Å². The molecule has 5 nitrogen and oxygen atoms in total. The van der Waals surface area contributed by atoms with Gasteiger partial charge in [-0.1, -0.05) is 6.07 Å². The minimum absolute atomic E-state index is 0.470. The molecule has 0 saturated carbocycles. The van der Waals surface area contributed by atoms with Crippen molar-refractivity contribution in [1.29, 1.82) is 0 Å². The number of aromatic nitrogens is 4. The van der Waals surface area contributed by atoms with Crippen molar-refractivity contribution in [3.63, 3.8) is 0 Å². The van der Waals surface area contributed by atoms with Gasteiger partial charge in [-0.25, -0.2) is 4.98 Å². The van der Waals surface area contributed by atoms with Gasteiger partial charge >= 0.3 is 0 Å². The van der Waals surface area contributed by atoms with Gasteiger partial charge in [0.1, 0.15) is 11.6 Å². The molecule has 0 amide bonds. The predicted octanol–water partition coefficient (Wildman–Crippen LogP) is 2.22. The van der Waals surface area contributed by atoms with Crippen molar-refractivity contribution >= 4 is 16.9 Å². The lowest BCUT2D eigenvalue weighted by Crippen LogP contribution is -1.97. The van der Waals surface area contributed by atoms with Crippen LogP contribution >= 0.6 is 0 Å². The van der Waals surface area contributed by atoms with Crippen LogP contribution in [0.5, 0.6) is 0 Å². The molecule has 0 aliphatic carbocycles. The van der Waals surface area contributed by atoms with Crippen LogP contribution in [-0.2, 0) is 0 Å². The zero-order valence-corrected chi connectivity index (χ0v) is 10.2. The largest absolute Gasteiger partial charge is 0.382 e. The van der Waals surface area contributed by atoms with Gasteiger partial charge in [0, 0.05) is 5.56 Å². The smallest absolute Gasteiger partial charge is 0.149 e. The van der Waals surface area contributed by atoms with Crippen LogP contribution in [0.25, 0.3) is 22.3 Å². The van der Waals surface area contributed by atoms with Gasteiger partial charge in [-0.3, -0.25) is 0 Å². The summed E-state index contributed by atoms with van der Waals surface area (Å²) in [4.78, 5) is 7.58. The number of rotatable bonds is 1. The van der Waals surface area contributed by atoms with Crippen LogP contribution in [0.3, 0.4) is 0 Å². The third-order valence-electron chi connectivity index (χ3n) is 2.92. The number of nitrogens with two attached hydrogens (primary N) is 1. The summed E-state index contributed by atoms with van der Waals surface area (Å²) in [5.41, 5.74) is 10.4. The molecule has 0 saturated heterocycles. The van der Waals surface area contributed by atoms with E-state index in [1.54, 1.807) is 0 Å². The second kappa shape index (κ2) is 3.80. The third-order valence-corrected chi connectivity index (χ3v) is 2.92. The van der Waals surface area contributed by atoms with Gasteiger partial charge in [0.25, 0.3) is 0 Å². The highest BCUT2D eigenvalue weighted by molar-refractivity contribution is 5.81. The van der Waals surface area contributed by atoms with Crippen molar-refractivity contribution in [3.05, 3.63) is 35.7 Å². The molecule has 0 aliphatic heterocycles. The molecule has 0 fully saturated rings. The van der Waals surface area contributed by atoms with Gasteiger partial charge < -0.3 is 10.7 Å². The lowest BCUT2D eigenvalue weighted by Gasteiger charge is -2.03. The average molecular weight is 239 g/mol. The molecule has 3 N–H and O–H groups in total. The Morgan fingerprint density at radius 3 is 2.72 bits per heavy atom. The molecule has 2 aromatic heterocycles. The molecule has 1 aromatic carbocycles. The normalized spacial score (nSPS) is 11.0. The summed E-state index contributed by atoms with van der Waals surface area (Å²) in [5.74, 6) is 1.37. The zero-order chi connectivity index (χ0) is 12.7. The molecule has 0 atom stereocenters. The summed E-state index contributed by atoms with van der Waals surface area (Å²) in [5, 5.41) is 8.06. The van der Waals surface area contributed by atoms with Gasteiger partial charge in [-0.2, -0.15) is 0 Å². The van der Waals surface area contributed by atoms with Crippen molar-refractivity contribution < 1.29 is 0 Å². The fourth-order valence-electron chi connectivity index (χ4n) is 1.93. The SMILES string of the molecule is Cc1nc2ccc(-c3cc(C)c(N)nn3)cc2[nH]1. The zero-order valence-electron chi connectivity index (χ0n) is 10.2. The van der Waals surface area contributed by atoms with E-state index in [-0.39, 0.29) is 0 Å². The first-order valence-electron chi connectivity index (χ1n) is 5.70. The predicted molar refractivity (Wildman–Crippen MR) is 71.0 cm³/mol. The van der Waals surface area contributed by atoms with E-state index in [1.807, 2.05) is 38.1 Å². The second-order valence-electron chi connectivity index (χ2n) is 4.35. The number of imidazole rings is 1. The van der Waals surface area contributed by atoms with Crippen molar-refractivity contribution in [2.75, 3.05) is 5.73 Å². The third kappa shape index (κ3) is 1.69. The highest BCUT2D eigenvalue weighted by Crippen LogP contribution is 2.22. The van der Waals surface area contributed by atoms with Crippen LogP contribution in [0.15, 0.2) is 24.3 Å². The number of nitrogens with zero attached hydrogens (tertiary/aromatic N) is 3. The molecule has 0 radical (unpaired) electrons. The maximum Gasteiger partial charge on any atom is 0.149 e. The van der Waals surface area contributed by atoms with E-state index in [4.69, 9.17) is 5.73 Å². The minimum Gasteiger partial charge on any atom is -0.382 e. The Balaban J connectivity index is 2.15. The molecular formula is C13H13N5. The highest BCUT2D eigenvalue weighted by Gasteiger charge is 2.06. The van der Waals surface area contributed by atoms with E-state index in [0.717, 1.165) is 33.7 Å². The average Bonchev–Trinajstić information content (AvgIpc) is 2.71. The van der Waals surface area contributed by atoms with Crippen molar-refractivity contribution in [2.24, 2.45) is 0 Å². The molecule has 0 bridgehead atoms. The standard InChI is InChI=1S/C13H13N5/c1-7-5-11(17-18-13(7)14)9-3-4-10-12(6-9)16-8(2)15-10/h3-6H,1-2H3,(H2,14,18)(H,15,16). The van der Waals surface area contributed by atoms with Crippen LogP contribution < -0.4 is 5.73 Å². The first kappa shape index (κ1) is 10.7. The topological polar surface area (TPSA) is 80.5 Å². The maximum atomic E-state index is 5.67. The molecule has 18 heavy (non-hydrogen) atoms. The van der Waals surface area contributed by atoms with Gasteiger partial charge in [-0.15, -0.1) is 10.2 Å². The lowest BCUT2D eigenvalue weighted by atomic mass is 10.1. The number of nitrogen functional groups attached to an aromatic ring is 1. The Labute approximate surface area is 104 Å². The fourth-order valence-corrected chi connectivity index (χ4v) is 1.93. The van der Waals surface area contributed by atoms with Gasteiger partial charge in [0.2, 0.25) is 0 Å². The maximum absolute atomic E-state index is 5.67. The molecule has 0 aliphatic rings. The van der Waals surface area contributed by atoms with Gasteiger partial charge in [0.05, 0.1) is 16.7 Å². The fraction of sp³-hybridized carbons (Fsp3) is 0.154. The second-order valence-corrected chi connectivity index (χ2v) is 4.35. The minimum atomic E-state index is 0.470. The van der Waals surface area contributed by atoms with Crippen LogP contribution in [0.4, 0.5) is 5.82 Å². The van der Waals surface area contributed by atoms with Gasteiger partial charge in [0.15, 0.2) is 0 Å². The monoisotopic (exact) mass is 239 g/mol. The Hall–Kier alpha value is -2.43. The van der Waals surface area contributed by atoms with Crippen molar-refractivity contribution in [2.45, 2.75) is 13.8 Å². The summed E-state index contributed by atoms with van der Waals surface area (Å²) >= 11 is 0. The number of aryl methyl sites for hydroxylation is 2. The Morgan fingerprint density at radius 2 is 1.94 bits per heavy atom. The number of benzene rings is 1. The summed E-state index contributed by atoms with van der Waals surface area (Å²) in [6, 6.07) is 7.92. The molecule has 0 spiro atoms. The first-order chi connectivity index (χ1) is 8.63. The Kier molecular flexibility index (Phi) is 2.26. The molecule has 2 heterocycles. The summed E-state index contributed by atoms with van der Waals surface area (Å²) < 4.78 is 0. The molecule has 3 aromatic rings. The summed E-state index contributed by atoms with van der Waals surface area (Å²) in [7, 11) is 0. The van der Waals surface area contributed by atoms with E-state index < -0.39 is 0 Å². The van der Waals surface area contributed by atoms with Crippen molar-refractivity contribution in [3.8, 4) is 11.3 Å². The van der Waals surface area contributed by atoms with E-state index in [1.165, 1.54) is 0 Å². The van der Waals surface area contributed by atoms with E-state index in [2.05, 4.69) is 20.2 Å². The lowest BCUT2D eigenvalue weighted by molar-refractivity contribution is 1.03. The first-order valence-corrected chi connectivity index (χ1v) is 5.70. The van der Waals surface area contributed by atoms with Crippen LogP contribution in [0.2, 0.25) is 0 Å². The number of anilines is 1. The van der Waals surface area contributed by atoms with E-state index >= 15 is 0 Å². The van der Waals surface area contributed by atoms with Crippen LogP contribution in [-0.4, -0.2) is 20.2 Å². The van der Waals surface area contributed by atoms with Crippen LogP contribution in [0, 0.1) is 13.8 Å². The van der Waals surface area contributed by atoms with Gasteiger partial charge in [-0.05, 0) is 37.6 Å². The molecule has 0 unspecified atom stereocenters.